The molecule has 150 valence electrons. The van der Waals surface area contributed by atoms with Crippen LogP contribution in [-0.4, -0.2) is 34.2 Å². The van der Waals surface area contributed by atoms with E-state index in [9.17, 15) is 32.7 Å². The van der Waals surface area contributed by atoms with Gasteiger partial charge in [-0.1, -0.05) is 0 Å². The van der Waals surface area contributed by atoms with Gasteiger partial charge in [-0.15, -0.1) is 0 Å². The van der Waals surface area contributed by atoms with Crippen LogP contribution < -0.4 is 0 Å². The summed E-state index contributed by atoms with van der Waals surface area (Å²) in [5.74, 6) is -4.16. The number of aromatic nitrogens is 1. The number of nitrogens with zero attached hydrogens (tertiary/aromatic N) is 1. The molecule has 2 saturated carbocycles. The molecule has 1 N–H and O–H groups in total. The van der Waals surface area contributed by atoms with Crippen molar-refractivity contribution in [3.63, 3.8) is 0 Å². The SMILES string of the molecule is CCOC(=O)C1(C)C(=O)C(=C(O)c2ccc(C(F)(F)F)nc2C)C(=O)C2CC21. The fourth-order valence-electron chi connectivity index (χ4n) is 3.70. The predicted molar refractivity (Wildman–Crippen MR) is 89.9 cm³/mol. The number of pyridine rings is 1. The first kappa shape index (κ1) is 20.0. The number of aliphatic hydroxyl groups is 1. The van der Waals surface area contributed by atoms with Crippen molar-refractivity contribution in [2.24, 2.45) is 17.3 Å². The van der Waals surface area contributed by atoms with Crippen LogP contribution in [0.4, 0.5) is 13.2 Å². The topological polar surface area (TPSA) is 93.6 Å². The maximum absolute atomic E-state index is 13.0. The van der Waals surface area contributed by atoms with Crippen LogP contribution in [0, 0.1) is 24.2 Å². The van der Waals surface area contributed by atoms with Gasteiger partial charge >= 0.3 is 12.1 Å². The number of carbonyl (C=O) groups is 3. The van der Waals surface area contributed by atoms with E-state index < -0.39 is 58.0 Å². The summed E-state index contributed by atoms with van der Waals surface area (Å²) in [6, 6.07) is 1.61. The van der Waals surface area contributed by atoms with Crippen molar-refractivity contribution in [2.45, 2.75) is 33.4 Å². The Morgan fingerprint density at radius 2 is 2.00 bits per heavy atom. The summed E-state index contributed by atoms with van der Waals surface area (Å²) in [5.41, 5.74) is -3.73. The molecule has 3 atom stereocenters. The zero-order valence-electron chi connectivity index (χ0n) is 15.4. The zero-order chi connectivity index (χ0) is 21.0. The number of hydrogen-bond donors (Lipinski definition) is 1. The molecule has 0 aliphatic heterocycles. The molecule has 3 rings (SSSR count). The van der Waals surface area contributed by atoms with Crippen LogP contribution in [0.25, 0.3) is 5.76 Å². The number of alkyl halides is 3. The smallest absolute Gasteiger partial charge is 0.433 e. The van der Waals surface area contributed by atoms with E-state index in [0.717, 1.165) is 6.07 Å². The minimum atomic E-state index is -4.67. The van der Waals surface area contributed by atoms with E-state index in [1.165, 1.54) is 13.8 Å². The molecule has 1 aromatic heterocycles. The molecule has 2 fully saturated rings. The van der Waals surface area contributed by atoms with Crippen molar-refractivity contribution in [1.82, 2.24) is 4.98 Å². The number of fused-ring (bicyclic) bond motifs is 1. The van der Waals surface area contributed by atoms with Crippen LogP contribution in [0.15, 0.2) is 17.7 Å². The number of ketones is 2. The molecular weight excluding hydrogens is 379 g/mol. The minimum Gasteiger partial charge on any atom is -0.506 e. The third-order valence-electron chi connectivity index (χ3n) is 5.38. The van der Waals surface area contributed by atoms with Gasteiger partial charge in [0.05, 0.1) is 6.61 Å². The van der Waals surface area contributed by atoms with Gasteiger partial charge in [-0.05, 0) is 45.2 Å². The van der Waals surface area contributed by atoms with Crippen LogP contribution in [0.3, 0.4) is 0 Å². The summed E-state index contributed by atoms with van der Waals surface area (Å²) in [5, 5.41) is 10.6. The first-order valence-corrected chi connectivity index (χ1v) is 8.69. The highest BCUT2D eigenvalue weighted by molar-refractivity contribution is 6.33. The molecule has 0 spiro atoms. The van der Waals surface area contributed by atoms with E-state index in [2.05, 4.69) is 4.98 Å². The number of aryl methyl sites for hydroxylation is 1. The Morgan fingerprint density at radius 1 is 1.36 bits per heavy atom. The third kappa shape index (κ3) is 2.89. The second-order valence-electron chi connectivity index (χ2n) is 7.12. The van der Waals surface area contributed by atoms with E-state index in [1.807, 2.05) is 0 Å². The Hall–Kier alpha value is -2.71. The second-order valence-corrected chi connectivity index (χ2v) is 7.12. The van der Waals surface area contributed by atoms with E-state index >= 15 is 0 Å². The Balaban J connectivity index is 2.10. The standard InChI is InChI=1S/C19H18F3NO5/c1-4-28-17(27)18(3)11-7-10(11)15(25)13(16(18)26)14(24)9-5-6-12(19(20,21)22)23-8(9)2/h5-6,10-11,24H,4,7H2,1-3H3. The summed E-state index contributed by atoms with van der Waals surface area (Å²) in [4.78, 5) is 41.4. The van der Waals surface area contributed by atoms with E-state index in [-0.39, 0.29) is 17.9 Å². The highest BCUT2D eigenvalue weighted by Gasteiger charge is 2.67. The summed E-state index contributed by atoms with van der Waals surface area (Å²) in [6.07, 6.45) is -4.37. The molecule has 0 radical (unpaired) electrons. The predicted octanol–water partition coefficient (Wildman–Crippen LogP) is 3.04. The lowest BCUT2D eigenvalue weighted by molar-refractivity contribution is -0.160. The first-order chi connectivity index (χ1) is 12.9. The van der Waals surface area contributed by atoms with Crippen molar-refractivity contribution >= 4 is 23.3 Å². The van der Waals surface area contributed by atoms with E-state index in [0.29, 0.717) is 12.5 Å². The van der Waals surface area contributed by atoms with Gasteiger partial charge < -0.3 is 9.84 Å². The van der Waals surface area contributed by atoms with Gasteiger partial charge in [0.1, 0.15) is 22.4 Å². The van der Waals surface area contributed by atoms with Crippen LogP contribution >= 0.6 is 0 Å². The number of esters is 1. The van der Waals surface area contributed by atoms with E-state index in [1.54, 1.807) is 6.92 Å². The number of rotatable bonds is 3. The number of Topliss-reactive ketones (excluding diaryl/α,β-unsaturated/α-hetero) is 2. The summed E-state index contributed by atoms with van der Waals surface area (Å²) < 4.78 is 43.4. The summed E-state index contributed by atoms with van der Waals surface area (Å²) in [6.45, 7) is 4.22. The summed E-state index contributed by atoms with van der Waals surface area (Å²) >= 11 is 0. The number of carbonyl (C=O) groups excluding carboxylic acids is 3. The van der Waals surface area contributed by atoms with E-state index in [4.69, 9.17) is 4.74 Å². The molecule has 1 heterocycles. The molecule has 1 aromatic rings. The molecule has 0 bridgehead atoms. The van der Waals surface area contributed by atoms with Crippen molar-refractivity contribution in [1.29, 1.82) is 0 Å². The maximum atomic E-state index is 13.0. The summed E-state index contributed by atoms with van der Waals surface area (Å²) in [7, 11) is 0. The van der Waals surface area contributed by atoms with Crippen LogP contribution in [0.1, 0.15) is 37.2 Å². The molecular formula is C19H18F3NO5. The molecule has 0 saturated heterocycles. The fourth-order valence-corrected chi connectivity index (χ4v) is 3.70. The molecule has 28 heavy (non-hydrogen) atoms. The van der Waals surface area contributed by atoms with Crippen LogP contribution in [0.2, 0.25) is 0 Å². The monoisotopic (exact) mass is 397 g/mol. The Bertz CT molecular complexity index is 921. The average molecular weight is 397 g/mol. The molecule has 2 aliphatic rings. The quantitative estimate of drug-likeness (QED) is 0.277. The highest BCUT2D eigenvalue weighted by atomic mass is 19.4. The van der Waals surface area contributed by atoms with Gasteiger partial charge in [-0.25, -0.2) is 4.98 Å². The van der Waals surface area contributed by atoms with Gasteiger partial charge in [-0.3, -0.25) is 14.4 Å². The average Bonchev–Trinajstić information content (AvgIpc) is 3.40. The van der Waals surface area contributed by atoms with Gasteiger partial charge in [0.15, 0.2) is 11.6 Å². The lowest BCUT2D eigenvalue weighted by atomic mass is 9.70. The number of allylic oxidation sites excluding steroid dienone is 1. The van der Waals surface area contributed by atoms with Gasteiger partial charge in [0.25, 0.3) is 0 Å². The lowest BCUT2D eigenvalue weighted by Crippen LogP contribution is -2.46. The number of hydrogen-bond acceptors (Lipinski definition) is 6. The number of aliphatic hydroxyl groups excluding tert-OH is 1. The molecule has 6 nitrogen and oxygen atoms in total. The zero-order valence-corrected chi connectivity index (χ0v) is 15.4. The van der Waals surface area contributed by atoms with Gasteiger partial charge in [-0.2, -0.15) is 13.2 Å². The number of ether oxygens (including phenoxy) is 1. The van der Waals surface area contributed by atoms with Crippen molar-refractivity contribution in [3.05, 3.63) is 34.7 Å². The largest absolute Gasteiger partial charge is 0.506 e. The molecule has 3 unspecified atom stereocenters. The minimum absolute atomic E-state index is 0.0417. The maximum Gasteiger partial charge on any atom is 0.433 e. The van der Waals surface area contributed by atoms with Crippen molar-refractivity contribution < 1.29 is 37.4 Å². The fraction of sp³-hybridized carbons (Fsp3) is 0.474. The second kappa shape index (κ2) is 6.42. The Labute approximate surface area is 158 Å². The van der Waals surface area contributed by atoms with Crippen molar-refractivity contribution in [3.8, 4) is 0 Å². The number of halogens is 3. The molecule has 2 aliphatic carbocycles. The highest BCUT2D eigenvalue weighted by Crippen LogP contribution is 2.58. The van der Waals surface area contributed by atoms with Crippen LogP contribution in [-0.2, 0) is 25.3 Å². The molecule has 0 aromatic carbocycles. The third-order valence-corrected chi connectivity index (χ3v) is 5.38. The van der Waals surface area contributed by atoms with Gasteiger partial charge in [0, 0.05) is 17.2 Å². The molecule has 9 heteroatoms. The lowest BCUT2D eigenvalue weighted by Gasteiger charge is -2.30. The Kier molecular flexibility index (Phi) is 4.60. The normalized spacial score (nSPS) is 28.6. The van der Waals surface area contributed by atoms with Gasteiger partial charge in [0.2, 0.25) is 0 Å². The molecule has 0 amide bonds. The Morgan fingerprint density at radius 3 is 2.54 bits per heavy atom. The first-order valence-electron chi connectivity index (χ1n) is 8.69. The van der Waals surface area contributed by atoms with Crippen LogP contribution in [0.5, 0.6) is 0 Å². The van der Waals surface area contributed by atoms with Crippen molar-refractivity contribution in [2.75, 3.05) is 6.61 Å².